The molecule has 0 bridgehead atoms. The van der Waals surface area contributed by atoms with Gasteiger partial charge in [-0.05, 0) is 18.2 Å². The molecule has 0 saturated carbocycles. The van der Waals surface area contributed by atoms with E-state index in [1.54, 1.807) is 0 Å². The molecular weight excluding hydrogens is 253 g/mol. The quantitative estimate of drug-likeness (QED) is 0.618. The minimum absolute atomic E-state index is 0.280. The largest absolute Gasteiger partial charge is 0.573 e. The smallest absolute Gasteiger partial charge is 0.508 e. The van der Waals surface area contributed by atoms with Crippen molar-refractivity contribution in [2.24, 2.45) is 0 Å². The predicted octanol–water partition coefficient (Wildman–Crippen LogP) is 1.82. The highest BCUT2D eigenvalue weighted by Crippen LogP contribution is 2.28. The molecular formula is C11H7F3O4. The van der Waals surface area contributed by atoms with E-state index in [1.165, 1.54) is 0 Å². The molecule has 0 aliphatic carbocycles. The number of carbonyl (C=O) groups excluding carboxylic acids is 1. The highest BCUT2D eigenvalue weighted by molar-refractivity contribution is 5.89. The summed E-state index contributed by atoms with van der Waals surface area (Å²) in [5, 5.41) is 9.14. The summed E-state index contributed by atoms with van der Waals surface area (Å²) in [4.78, 5) is 10.7. The first kappa shape index (κ1) is 13.7. The van der Waals surface area contributed by atoms with Gasteiger partial charge in [-0.15, -0.1) is 13.2 Å². The molecule has 0 atom stereocenters. The number of benzene rings is 1. The van der Waals surface area contributed by atoms with Crippen LogP contribution in [-0.4, -0.2) is 24.5 Å². The molecule has 4 nitrogen and oxygen atoms in total. The van der Waals surface area contributed by atoms with Gasteiger partial charge < -0.3 is 14.6 Å². The zero-order valence-corrected chi connectivity index (χ0v) is 9.04. The molecule has 0 fully saturated rings. The zero-order valence-electron chi connectivity index (χ0n) is 9.04. The van der Waals surface area contributed by atoms with Crippen LogP contribution in [0.3, 0.4) is 0 Å². The minimum atomic E-state index is -4.89. The predicted molar refractivity (Wildman–Crippen MR) is 53.7 cm³/mol. The first-order valence-corrected chi connectivity index (χ1v) is 4.50. The summed E-state index contributed by atoms with van der Waals surface area (Å²) >= 11 is 0. The van der Waals surface area contributed by atoms with Gasteiger partial charge in [0, 0.05) is 5.92 Å². The molecule has 1 rings (SSSR count). The van der Waals surface area contributed by atoms with E-state index in [1.807, 2.05) is 5.92 Å². The van der Waals surface area contributed by atoms with Crippen LogP contribution in [0.2, 0.25) is 0 Å². The number of hydrogen-bond donors (Lipinski definition) is 1. The number of halogens is 3. The van der Waals surface area contributed by atoms with Crippen molar-refractivity contribution in [2.45, 2.75) is 6.36 Å². The number of methoxy groups -OCH3 is 1. The van der Waals surface area contributed by atoms with Crippen molar-refractivity contribution in [1.29, 1.82) is 0 Å². The maximum Gasteiger partial charge on any atom is 0.573 e. The summed E-state index contributed by atoms with van der Waals surface area (Å²) in [6.45, 7) is 0. The lowest BCUT2D eigenvalue weighted by Gasteiger charge is -2.10. The molecule has 0 aromatic heterocycles. The molecule has 0 aliphatic rings. The summed E-state index contributed by atoms with van der Waals surface area (Å²) in [5.74, 6) is 2.21. The van der Waals surface area contributed by atoms with Crippen LogP contribution in [0, 0.1) is 11.8 Å². The van der Waals surface area contributed by atoms with Crippen LogP contribution in [0.1, 0.15) is 5.56 Å². The number of phenols is 1. The van der Waals surface area contributed by atoms with Crippen molar-refractivity contribution >= 4 is 5.97 Å². The van der Waals surface area contributed by atoms with Crippen molar-refractivity contribution in [1.82, 2.24) is 0 Å². The van der Waals surface area contributed by atoms with E-state index < -0.39 is 18.1 Å². The number of rotatable bonds is 1. The standard InChI is InChI=1S/C11H7F3O4/c1-17-10(16)5-2-7-6-8(15)3-4-9(7)18-11(12,13)14/h3-4,6,15H,1H3. The van der Waals surface area contributed by atoms with Crippen LogP contribution in [0.15, 0.2) is 18.2 Å². The molecule has 18 heavy (non-hydrogen) atoms. The molecule has 7 heteroatoms. The Morgan fingerprint density at radius 3 is 2.61 bits per heavy atom. The average molecular weight is 260 g/mol. The first-order chi connectivity index (χ1) is 8.31. The highest BCUT2D eigenvalue weighted by Gasteiger charge is 2.32. The second-order valence-electron chi connectivity index (χ2n) is 2.97. The SMILES string of the molecule is COC(=O)C#Cc1cc(O)ccc1OC(F)(F)F. The Hall–Kier alpha value is -2.36. The molecule has 96 valence electrons. The van der Waals surface area contributed by atoms with Crippen molar-refractivity contribution in [3.05, 3.63) is 23.8 Å². The Labute approximate surface area is 99.9 Å². The molecule has 1 N–H and O–H groups in total. The van der Waals surface area contributed by atoms with Gasteiger partial charge in [0.15, 0.2) is 0 Å². The Morgan fingerprint density at radius 1 is 1.39 bits per heavy atom. The number of alkyl halides is 3. The van der Waals surface area contributed by atoms with E-state index in [9.17, 15) is 18.0 Å². The molecule has 0 unspecified atom stereocenters. The Morgan fingerprint density at radius 2 is 2.06 bits per heavy atom. The van der Waals surface area contributed by atoms with E-state index >= 15 is 0 Å². The summed E-state index contributed by atoms with van der Waals surface area (Å²) in [6.07, 6.45) is -4.89. The average Bonchev–Trinajstić information content (AvgIpc) is 2.27. The van der Waals surface area contributed by atoms with Crippen molar-refractivity contribution in [3.8, 4) is 23.3 Å². The van der Waals surface area contributed by atoms with Gasteiger partial charge in [0.1, 0.15) is 11.5 Å². The zero-order chi connectivity index (χ0) is 13.8. The Bertz CT molecular complexity index is 511. The number of carbonyl (C=O) groups is 1. The molecule has 0 heterocycles. The van der Waals surface area contributed by atoms with Crippen LogP contribution in [0.25, 0.3) is 0 Å². The topological polar surface area (TPSA) is 55.8 Å². The van der Waals surface area contributed by atoms with E-state index in [2.05, 4.69) is 15.4 Å². The highest BCUT2D eigenvalue weighted by atomic mass is 19.4. The van der Waals surface area contributed by atoms with Crippen LogP contribution >= 0.6 is 0 Å². The molecule has 0 saturated heterocycles. The fourth-order valence-corrected chi connectivity index (χ4v) is 0.999. The van der Waals surface area contributed by atoms with Crippen molar-refractivity contribution < 1.29 is 32.5 Å². The van der Waals surface area contributed by atoms with Crippen LogP contribution in [-0.2, 0) is 9.53 Å². The number of phenolic OH excluding ortho intramolecular Hbond substituents is 1. The van der Waals surface area contributed by atoms with Gasteiger partial charge in [0.05, 0.1) is 12.7 Å². The van der Waals surface area contributed by atoms with Crippen LogP contribution < -0.4 is 4.74 Å². The summed E-state index contributed by atoms with van der Waals surface area (Å²) in [6, 6.07) is 2.84. The number of esters is 1. The van der Waals surface area contributed by atoms with E-state index in [4.69, 9.17) is 5.11 Å². The third kappa shape index (κ3) is 4.25. The molecule has 0 amide bonds. The van der Waals surface area contributed by atoms with Gasteiger partial charge in [-0.3, -0.25) is 0 Å². The third-order valence-corrected chi connectivity index (χ3v) is 1.67. The lowest BCUT2D eigenvalue weighted by Crippen LogP contribution is -2.17. The summed E-state index contributed by atoms with van der Waals surface area (Å²) < 4.78 is 44.1. The van der Waals surface area contributed by atoms with Gasteiger partial charge >= 0.3 is 12.3 Å². The van der Waals surface area contributed by atoms with E-state index in [-0.39, 0.29) is 11.3 Å². The molecule has 1 aromatic carbocycles. The number of aromatic hydroxyl groups is 1. The van der Waals surface area contributed by atoms with E-state index in [0.717, 1.165) is 25.3 Å². The number of hydrogen-bond acceptors (Lipinski definition) is 4. The lowest BCUT2D eigenvalue weighted by atomic mass is 10.2. The monoisotopic (exact) mass is 260 g/mol. The second-order valence-corrected chi connectivity index (χ2v) is 2.97. The Kier molecular flexibility index (Phi) is 4.05. The molecule has 0 radical (unpaired) electrons. The van der Waals surface area contributed by atoms with Gasteiger partial charge in [0.2, 0.25) is 0 Å². The number of ether oxygens (including phenoxy) is 2. The molecule has 0 spiro atoms. The van der Waals surface area contributed by atoms with Crippen LogP contribution in [0.5, 0.6) is 11.5 Å². The van der Waals surface area contributed by atoms with Crippen molar-refractivity contribution in [3.63, 3.8) is 0 Å². The molecule has 1 aromatic rings. The van der Waals surface area contributed by atoms with Gasteiger partial charge in [-0.2, -0.15) is 0 Å². The maximum absolute atomic E-state index is 12.1. The summed E-state index contributed by atoms with van der Waals surface area (Å²) in [7, 11) is 1.08. The van der Waals surface area contributed by atoms with Crippen molar-refractivity contribution in [2.75, 3.05) is 7.11 Å². The third-order valence-electron chi connectivity index (χ3n) is 1.67. The normalized spacial score (nSPS) is 10.2. The second kappa shape index (κ2) is 5.31. The Balaban J connectivity index is 3.10. The minimum Gasteiger partial charge on any atom is -0.508 e. The fraction of sp³-hybridized carbons (Fsp3) is 0.182. The summed E-state index contributed by atoms with van der Waals surface area (Å²) in [5.41, 5.74) is -0.280. The van der Waals surface area contributed by atoms with Gasteiger partial charge in [-0.1, -0.05) is 5.92 Å². The maximum atomic E-state index is 12.1. The molecule has 0 aliphatic heterocycles. The van der Waals surface area contributed by atoms with Gasteiger partial charge in [-0.25, -0.2) is 4.79 Å². The van der Waals surface area contributed by atoms with E-state index in [0.29, 0.717) is 0 Å². The van der Waals surface area contributed by atoms with Gasteiger partial charge in [0.25, 0.3) is 0 Å². The lowest BCUT2D eigenvalue weighted by molar-refractivity contribution is -0.274. The van der Waals surface area contributed by atoms with Crippen LogP contribution in [0.4, 0.5) is 13.2 Å². The first-order valence-electron chi connectivity index (χ1n) is 4.50. The fourth-order valence-electron chi connectivity index (χ4n) is 0.999.